The lowest BCUT2D eigenvalue weighted by atomic mass is 10.1. The molecule has 0 heterocycles. The molecule has 0 radical (unpaired) electrons. The van der Waals surface area contributed by atoms with Gasteiger partial charge in [-0.1, -0.05) is 17.7 Å². The first-order valence-electron chi connectivity index (χ1n) is 8.94. The lowest BCUT2D eigenvalue weighted by Crippen LogP contribution is -2.15. The van der Waals surface area contributed by atoms with Crippen LogP contribution in [0.15, 0.2) is 71.6 Å². The summed E-state index contributed by atoms with van der Waals surface area (Å²) in [6, 6.07) is 18.2. The molecule has 0 fully saturated rings. The summed E-state index contributed by atoms with van der Waals surface area (Å²) in [4.78, 5) is 12.6. The number of carbonyl (C=O) groups is 1. The number of hydrogen-bond acceptors (Lipinski definition) is 4. The monoisotopic (exact) mass is 410 g/mol. The highest BCUT2D eigenvalue weighted by molar-refractivity contribution is 7.92. The Morgan fingerprint density at radius 1 is 0.862 bits per heavy atom. The van der Waals surface area contributed by atoms with E-state index in [1.807, 2.05) is 26.0 Å². The Morgan fingerprint density at radius 3 is 2.07 bits per heavy atom. The van der Waals surface area contributed by atoms with Crippen molar-refractivity contribution in [1.82, 2.24) is 0 Å². The van der Waals surface area contributed by atoms with Crippen LogP contribution in [-0.2, 0) is 10.0 Å². The molecule has 3 rings (SSSR count). The number of methoxy groups -OCH3 is 1. The molecule has 7 heteroatoms. The number of hydrogen-bond donors (Lipinski definition) is 2. The number of aryl methyl sites for hydroxylation is 2. The van der Waals surface area contributed by atoms with Crippen LogP contribution in [0, 0.1) is 13.8 Å². The molecule has 29 heavy (non-hydrogen) atoms. The summed E-state index contributed by atoms with van der Waals surface area (Å²) in [5.41, 5.74) is 3.48. The van der Waals surface area contributed by atoms with Crippen LogP contribution in [0.2, 0.25) is 0 Å². The van der Waals surface area contributed by atoms with Crippen molar-refractivity contribution >= 4 is 27.3 Å². The van der Waals surface area contributed by atoms with E-state index in [1.54, 1.807) is 49.6 Å². The third-order valence-electron chi connectivity index (χ3n) is 4.39. The standard InChI is InChI=1S/C22H22N2O4S/c1-15-4-13-21(16(2)14-15)22(25)23-17-7-11-20(12-8-17)29(26,27)24-18-5-9-19(28-3)10-6-18/h4-14,24H,1-3H3,(H,23,25). The Morgan fingerprint density at radius 2 is 1.48 bits per heavy atom. The normalized spacial score (nSPS) is 11.0. The summed E-state index contributed by atoms with van der Waals surface area (Å²) in [7, 11) is -2.20. The zero-order valence-electron chi connectivity index (χ0n) is 16.4. The van der Waals surface area contributed by atoms with E-state index < -0.39 is 10.0 Å². The topological polar surface area (TPSA) is 84.5 Å². The van der Waals surface area contributed by atoms with Crippen LogP contribution in [0.3, 0.4) is 0 Å². The van der Waals surface area contributed by atoms with Gasteiger partial charge in [0.15, 0.2) is 0 Å². The van der Waals surface area contributed by atoms with Gasteiger partial charge < -0.3 is 10.1 Å². The molecule has 150 valence electrons. The van der Waals surface area contributed by atoms with Crippen LogP contribution in [0.25, 0.3) is 0 Å². The highest BCUT2D eigenvalue weighted by Gasteiger charge is 2.15. The molecule has 1 amide bonds. The maximum atomic E-state index is 12.6. The van der Waals surface area contributed by atoms with Crippen LogP contribution in [-0.4, -0.2) is 21.4 Å². The summed E-state index contributed by atoms with van der Waals surface area (Å²) >= 11 is 0. The van der Waals surface area contributed by atoms with Crippen molar-refractivity contribution in [3.05, 3.63) is 83.4 Å². The van der Waals surface area contributed by atoms with Crippen LogP contribution in [0.1, 0.15) is 21.5 Å². The van der Waals surface area contributed by atoms with E-state index in [2.05, 4.69) is 10.0 Å². The molecule has 0 saturated heterocycles. The molecule has 0 aliphatic heterocycles. The minimum atomic E-state index is -3.75. The molecule has 0 aliphatic carbocycles. The minimum Gasteiger partial charge on any atom is -0.497 e. The van der Waals surface area contributed by atoms with Gasteiger partial charge in [-0.2, -0.15) is 0 Å². The van der Waals surface area contributed by atoms with Gasteiger partial charge in [0.1, 0.15) is 5.75 Å². The molecule has 0 saturated carbocycles. The van der Waals surface area contributed by atoms with Crippen molar-refractivity contribution in [3.63, 3.8) is 0 Å². The van der Waals surface area contributed by atoms with Gasteiger partial charge in [0.05, 0.1) is 12.0 Å². The Balaban J connectivity index is 1.72. The molecule has 3 aromatic rings. The Hall–Kier alpha value is -3.32. The van der Waals surface area contributed by atoms with Crippen molar-refractivity contribution in [1.29, 1.82) is 0 Å². The van der Waals surface area contributed by atoms with E-state index >= 15 is 0 Å². The molecular weight excluding hydrogens is 388 g/mol. The maximum Gasteiger partial charge on any atom is 0.261 e. The predicted octanol–water partition coefficient (Wildman–Crippen LogP) is 4.37. The molecule has 0 atom stereocenters. The number of ether oxygens (including phenoxy) is 1. The number of anilines is 2. The summed E-state index contributed by atoms with van der Waals surface area (Å²) in [5.74, 6) is 0.395. The second kappa shape index (κ2) is 8.36. The van der Waals surface area contributed by atoms with E-state index in [0.717, 1.165) is 11.1 Å². The third kappa shape index (κ3) is 4.94. The van der Waals surface area contributed by atoms with Crippen molar-refractivity contribution in [3.8, 4) is 5.75 Å². The highest BCUT2D eigenvalue weighted by Crippen LogP contribution is 2.21. The summed E-state index contributed by atoms with van der Waals surface area (Å²) in [5, 5.41) is 2.79. The van der Waals surface area contributed by atoms with Gasteiger partial charge in [0.2, 0.25) is 0 Å². The molecule has 0 unspecified atom stereocenters. The van der Waals surface area contributed by atoms with E-state index in [9.17, 15) is 13.2 Å². The number of nitrogens with one attached hydrogen (secondary N) is 2. The molecular formula is C22H22N2O4S. The van der Waals surface area contributed by atoms with Gasteiger partial charge in [-0.15, -0.1) is 0 Å². The third-order valence-corrected chi connectivity index (χ3v) is 5.79. The number of sulfonamides is 1. The molecule has 6 nitrogen and oxygen atoms in total. The second-order valence-electron chi connectivity index (χ2n) is 6.63. The Kier molecular flexibility index (Phi) is 5.89. The summed E-state index contributed by atoms with van der Waals surface area (Å²) in [6.45, 7) is 3.84. The van der Waals surface area contributed by atoms with Crippen molar-refractivity contribution in [2.24, 2.45) is 0 Å². The first-order chi connectivity index (χ1) is 13.8. The van der Waals surface area contributed by atoms with E-state index in [4.69, 9.17) is 4.74 Å². The number of benzene rings is 3. The second-order valence-corrected chi connectivity index (χ2v) is 8.31. The number of carbonyl (C=O) groups excluding carboxylic acids is 1. The maximum absolute atomic E-state index is 12.6. The molecule has 2 N–H and O–H groups in total. The van der Waals surface area contributed by atoms with Gasteiger partial charge in [0.25, 0.3) is 15.9 Å². The van der Waals surface area contributed by atoms with Crippen LogP contribution in [0.4, 0.5) is 11.4 Å². The van der Waals surface area contributed by atoms with Gasteiger partial charge in [0, 0.05) is 16.9 Å². The fourth-order valence-electron chi connectivity index (χ4n) is 2.86. The van der Waals surface area contributed by atoms with Crippen molar-refractivity contribution in [2.45, 2.75) is 18.7 Å². The zero-order valence-corrected chi connectivity index (χ0v) is 17.2. The van der Waals surface area contributed by atoms with Gasteiger partial charge >= 0.3 is 0 Å². The Labute approximate surface area is 170 Å². The first-order valence-corrected chi connectivity index (χ1v) is 10.4. The lowest BCUT2D eigenvalue weighted by molar-refractivity contribution is 0.102. The summed E-state index contributed by atoms with van der Waals surface area (Å²) < 4.78 is 32.7. The number of amides is 1. The first kappa shape index (κ1) is 20.4. The fraction of sp³-hybridized carbons (Fsp3) is 0.136. The molecule has 0 spiro atoms. The predicted molar refractivity (Wildman–Crippen MR) is 114 cm³/mol. The van der Waals surface area contributed by atoms with Crippen LogP contribution >= 0.6 is 0 Å². The van der Waals surface area contributed by atoms with E-state index in [1.165, 1.54) is 12.1 Å². The Bertz CT molecular complexity index is 1120. The highest BCUT2D eigenvalue weighted by atomic mass is 32.2. The SMILES string of the molecule is COc1ccc(NS(=O)(=O)c2ccc(NC(=O)c3ccc(C)cc3C)cc2)cc1. The van der Waals surface area contributed by atoms with Crippen LogP contribution in [0.5, 0.6) is 5.75 Å². The van der Waals surface area contributed by atoms with Gasteiger partial charge in [-0.3, -0.25) is 9.52 Å². The van der Waals surface area contributed by atoms with E-state index in [0.29, 0.717) is 22.7 Å². The fourth-order valence-corrected chi connectivity index (χ4v) is 3.92. The van der Waals surface area contributed by atoms with Crippen molar-refractivity contribution < 1.29 is 17.9 Å². The van der Waals surface area contributed by atoms with E-state index in [-0.39, 0.29) is 10.8 Å². The molecule has 0 aliphatic rings. The smallest absolute Gasteiger partial charge is 0.261 e. The van der Waals surface area contributed by atoms with Crippen molar-refractivity contribution in [2.75, 3.05) is 17.1 Å². The molecule has 0 bridgehead atoms. The zero-order chi connectivity index (χ0) is 21.0. The minimum absolute atomic E-state index is 0.0952. The van der Waals surface area contributed by atoms with Crippen LogP contribution < -0.4 is 14.8 Å². The van der Waals surface area contributed by atoms with Gasteiger partial charge in [-0.05, 0) is 74.0 Å². The molecule has 3 aromatic carbocycles. The average Bonchev–Trinajstić information content (AvgIpc) is 2.68. The molecule has 0 aromatic heterocycles. The quantitative estimate of drug-likeness (QED) is 0.632. The number of rotatable bonds is 6. The summed E-state index contributed by atoms with van der Waals surface area (Å²) in [6.07, 6.45) is 0. The largest absolute Gasteiger partial charge is 0.497 e. The average molecular weight is 410 g/mol. The van der Waals surface area contributed by atoms with Gasteiger partial charge in [-0.25, -0.2) is 8.42 Å². The lowest BCUT2D eigenvalue weighted by Gasteiger charge is -2.11.